The average molecular weight is 557 g/mol. The van der Waals surface area contributed by atoms with Crippen molar-refractivity contribution in [2.45, 2.75) is 18.9 Å². The molecule has 2 aliphatic rings. The van der Waals surface area contributed by atoms with Crippen LogP contribution < -0.4 is 15.5 Å². The molecular weight excluding hydrogens is 531 g/mol. The standard InChI is InChI=1S/C17H25BrN4O2S.HI/c1-19-17(20-10-13-7-9-25(23,24)12-13)21-14-6-8-22(11-14)16-5-3-2-4-15(16)18;/h2-5,13-14H,6-12H2,1H3,(H2,19,20,21);1H. The zero-order valence-electron chi connectivity index (χ0n) is 14.8. The van der Waals surface area contributed by atoms with Crippen molar-refractivity contribution in [3.05, 3.63) is 28.7 Å². The molecule has 3 rings (SSSR count). The molecule has 0 aliphatic carbocycles. The molecule has 2 N–H and O–H groups in total. The first-order valence-corrected chi connectivity index (χ1v) is 11.3. The lowest BCUT2D eigenvalue weighted by molar-refractivity contribution is 0.559. The van der Waals surface area contributed by atoms with Crippen molar-refractivity contribution in [1.29, 1.82) is 0 Å². The number of benzene rings is 1. The smallest absolute Gasteiger partial charge is 0.191 e. The summed E-state index contributed by atoms with van der Waals surface area (Å²) in [5.41, 5.74) is 1.21. The van der Waals surface area contributed by atoms with Crippen molar-refractivity contribution in [3.63, 3.8) is 0 Å². The normalized spacial score (nSPS) is 25.0. The molecule has 0 spiro atoms. The van der Waals surface area contributed by atoms with Crippen LogP contribution in [0.15, 0.2) is 33.7 Å². The van der Waals surface area contributed by atoms with Gasteiger partial charge in [0.2, 0.25) is 0 Å². The molecule has 1 aromatic carbocycles. The third-order valence-electron chi connectivity index (χ3n) is 4.83. The van der Waals surface area contributed by atoms with E-state index in [1.54, 1.807) is 7.05 Å². The van der Waals surface area contributed by atoms with E-state index >= 15 is 0 Å². The van der Waals surface area contributed by atoms with Crippen LogP contribution in [0.4, 0.5) is 5.69 Å². The number of rotatable bonds is 4. The van der Waals surface area contributed by atoms with Gasteiger partial charge in [-0.15, -0.1) is 24.0 Å². The number of anilines is 1. The Morgan fingerprint density at radius 1 is 1.35 bits per heavy atom. The molecule has 2 fully saturated rings. The molecule has 2 heterocycles. The van der Waals surface area contributed by atoms with E-state index in [1.165, 1.54) is 5.69 Å². The van der Waals surface area contributed by atoms with Gasteiger partial charge in [0.1, 0.15) is 0 Å². The van der Waals surface area contributed by atoms with Gasteiger partial charge in [0, 0.05) is 37.2 Å². The summed E-state index contributed by atoms with van der Waals surface area (Å²) in [7, 11) is -1.07. The van der Waals surface area contributed by atoms with E-state index in [1.807, 2.05) is 6.07 Å². The zero-order chi connectivity index (χ0) is 17.9. The quantitative estimate of drug-likeness (QED) is 0.338. The number of sulfone groups is 1. The van der Waals surface area contributed by atoms with Gasteiger partial charge in [-0.3, -0.25) is 4.99 Å². The fourth-order valence-corrected chi connectivity index (χ4v) is 5.86. The van der Waals surface area contributed by atoms with Crippen LogP contribution in [-0.4, -0.2) is 58.6 Å². The molecule has 2 saturated heterocycles. The van der Waals surface area contributed by atoms with Crippen LogP contribution >= 0.6 is 39.9 Å². The first-order valence-electron chi connectivity index (χ1n) is 8.64. The highest BCUT2D eigenvalue weighted by Crippen LogP contribution is 2.28. The number of aliphatic imine (C=N–C) groups is 1. The highest BCUT2D eigenvalue weighted by Gasteiger charge is 2.28. The lowest BCUT2D eigenvalue weighted by atomic mass is 10.1. The van der Waals surface area contributed by atoms with Gasteiger partial charge in [-0.1, -0.05) is 12.1 Å². The second-order valence-electron chi connectivity index (χ2n) is 6.75. The molecule has 2 unspecified atom stereocenters. The summed E-state index contributed by atoms with van der Waals surface area (Å²) >= 11 is 3.62. The molecule has 146 valence electrons. The molecule has 2 atom stereocenters. The number of para-hydroxylation sites is 1. The molecule has 6 nitrogen and oxygen atoms in total. The van der Waals surface area contributed by atoms with Gasteiger partial charge in [-0.2, -0.15) is 0 Å². The van der Waals surface area contributed by atoms with Gasteiger partial charge < -0.3 is 15.5 Å². The van der Waals surface area contributed by atoms with Gasteiger partial charge >= 0.3 is 0 Å². The minimum Gasteiger partial charge on any atom is -0.368 e. The summed E-state index contributed by atoms with van der Waals surface area (Å²) in [4.78, 5) is 6.64. The predicted molar refractivity (Wildman–Crippen MR) is 121 cm³/mol. The van der Waals surface area contributed by atoms with Gasteiger partial charge in [0.05, 0.1) is 17.2 Å². The SMILES string of the molecule is CN=C(NCC1CCS(=O)(=O)C1)NC1CCN(c2ccccc2Br)C1.I. The summed E-state index contributed by atoms with van der Waals surface area (Å²) in [5, 5.41) is 6.75. The van der Waals surface area contributed by atoms with Crippen LogP contribution in [0.25, 0.3) is 0 Å². The average Bonchev–Trinajstić information content (AvgIpc) is 3.18. The number of nitrogens with zero attached hydrogens (tertiary/aromatic N) is 2. The summed E-state index contributed by atoms with van der Waals surface area (Å²) in [5.74, 6) is 1.54. The predicted octanol–water partition coefficient (Wildman–Crippen LogP) is 2.25. The molecule has 0 radical (unpaired) electrons. The Balaban J connectivity index is 0.00000243. The monoisotopic (exact) mass is 556 g/mol. The summed E-state index contributed by atoms with van der Waals surface area (Å²) < 4.78 is 24.2. The Labute approximate surface area is 181 Å². The highest BCUT2D eigenvalue weighted by atomic mass is 127. The number of halogens is 2. The Hall–Kier alpha value is -0.550. The number of hydrogen-bond acceptors (Lipinski definition) is 4. The topological polar surface area (TPSA) is 73.8 Å². The molecule has 0 aromatic heterocycles. The largest absolute Gasteiger partial charge is 0.368 e. The van der Waals surface area contributed by atoms with Crippen LogP contribution in [0.5, 0.6) is 0 Å². The van der Waals surface area contributed by atoms with E-state index in [4.69, 9.17) is 0 Å². The second kappa shape index (κ2) is 9.59. The molecule has 2 aliphatic heterocycles. The molecule has 0 amide bonds. The number of nitrogens with one attached hydrogen (secondary N) is 2. The fraction of sp³-hybridized carbons (Fsp3) is 0.588. The van der Waals surface area contributed by atoms with Crippen LogP contribution in [0, 0.1) is 5.92 Å². The van der Waals surface area contributed by atoms with Crippen molar-refractivity contribution in [3.8, 4) is 0 Å². The van der Waals surface area contributed by atoms with Crippen molar-refractivity contribution in [1.82, 2.24) is 10.6 Å². The summed E-state index contributed by atoms with van der Waals surface area (Å²) in [6.45, 7) is 2.57. The maximum atomic E-state index is 11.5. The van der Waals surface area contributed by atoms with Gasteiger partial charge in [-0.25, -0.2) is 8.42 Å². The fourth-order valence-electron chi connectivity index (χ4n) is 3.47. The Kier molecular flexibility index (Phi) is 8.02. The lowest BCUT2D eigenvalue weighted by Gasteiger charge is -2.22. The van der Waals surface area contributed by atoms with Crippen LogP contribution in [-0.2, 0) is 9.84 Å². The summed E-state index contributed by atoms with van der Waals surface area (Å²) in [6, 6.07) is 8.59. The maximum absolute atomic E-state index is 11.5. The molecule has 26 heavy (non-hydrogen) atoms. The molecule has 0 bridgehead atoms. The third kappa shape index (κ3) is 5.72. The van der Waals surface area contributed by atoms with Crippen molar-refractivity contribution in [2.75, 3.05) is 43.1 Å². The van der Waals surface area contributed by atoms with E-state index in [0.29, 0.717) is 18.3 Å². The first kappa shape index (κ1) is 21.7. The third-order valence-corrected chi connectivity index (χ3v) is 7.34. The van der Waals surface area contributed by atoms with Crippen LogP contribution in [0.3, 0.4) is 0 Å². The Morgan fingerprint density at radius 2 is 2.12 bits per heavy atom. The van der Waals surface area contributed by atoms with E-state index in [0.717, 1.165) is 36.4 Å². The Bertz CT molecular complexity index is 744. The molecule has 1 aromatic rings. The number of hydrogen-bond donors (Lipinski definition) is 2. The van der Waals surface area contributed by atoms with Gasteiger partial charge in [-0.05, 0) is 46.8 Å². The summed E-state index contributed by atoms with van der Waals surface area (Å²) in [6.07, 6.45) is 1.78. The minimum absolute atomic E-state index is 0. The van der Waals surface area contributed by atoms with E-state index in [9.17, 15) is 8.42 Å². The van der Waals surface area contributed by atoms with Crippen molar-refractivity contribution < 1.29 is 8.42 Å². The van der Waals surface area contributed by atoms with Crippen molar-refractivity contribution in [2.24, 2.45) is 10.9 Å². The van der Waals surface area contributed by atoms with E-state index in [-0.39, 0.29) is 35.6 Å². The van der Waals surface area contributed by atoms with Crippen LogP contribution in [0.1, 0.15) is 12.8 Å². The molecule has 0 saturated carbocycles. The van der Waals surface area contributed by atoms with Gasteiger partial charge in [0.15, 0.2) is 15.8 Å². The van der Waals surface area contributed by atoms with E-state index < -0.39 is 9.84 Å². The molecule has 9 heteroatoms. The Morgan fingerprint density at radius 3 is 2.77 bits per heavy atom. The second-order valence-corrected chi connectivity index (χ2v) is 9.83. The first-order chi connectivity index (χ1) is 12.0. The highest BCUT2D eigenvalue weighted by molar-refractivity contribution is 14.0. The molecular formula is C17H26BrIN4O2S. The van der Waals surface area contributed by atoms with E-state index in [2.05, 4.69) is 54.7 Å². The van der Waals surface area contributed by atoms with Crippen LogP contribution in [0.2, 0.25) is 0 Å². The zero-order valence-corrected chi connectivity index (χ0v) is 19.6. The maximum Gasteiger partial charge on any atom is 0.191 e. The lowest BCUT2D eigenvalue weighted by Crippen LogP contribution is -2.46. The minimum atomic E-state index is -2.83. The number of guanidine groups is 1. The van der Waals surface area contributed by atoms with Crippen molar-refractivity contribution >= 4 is 61.4 Å². The van der Waals surface area contributed by atoms with Gasteiger partial charge in [0.25, 0.3) is 0 Å².